The number of alkyl carbamates (subject to hydrolysis) is 1. The van der Waals surface area contributed by atoms with E-state index in [9.17, 15) is 33.5 Å². The zero-order valence-electron chi connectivity index (χ0n) is 31.1. The van der Waals surface area contributed by atoms with Crippen molar-refractivity contribution in [1.82, 2.24) is 25.8 Å². The molecule has 5 amide bonds. The molecule has 4 N–H and O–H groups in total. The van der Waals surface area contributed by atoms with Crippen LogP contribution in [-0.4, -0.2) is 95.5 Å². The van der Waals surface area contributed by atoms with Gasteiger partial charge in [-0.15, -0.1) is 0 Å². The summed E-state index contributed by atoms with van der Waals surface area (Å²) >= 11 is 0. The maximum Gasteiger partial charge on any atom is 0.408 e. The average Bonchev–Trinajstić information content (AvgIpc) is 3.03. The minimum absolute atomic E-state index is 0.00648. The molecule has 2 aromatic rings. The number of aromatic hydroxyl groups is 1. The Balaban J connectivity index is 2.00. The second-order valence-electron chi connectivity index (χ2n) is 15.2. The second kappa shape index (κ2) is 17.5. The number of nitrogens with one attached hydrogen (secondary N) is 3. The molecule has 1 fully saturated rings. The Morgan fingerprint density at radius 3 is 2.27 bits per heavy atom. The van der Waals surface area contributed by atoms with E-state index in [-0.39, 0.29) is 43.9 Å². The summed E-state index contributed by atoms with van der Waals surface area (Å²) < 4.78 is 19.1. The van der Waals surface area contributed by atoms with E-state index >= 15 is 0 Å². The number of carbonyl (C=O) groups is 5. The summed E-state index contributed by atoms with van der Waals surface area (Å²) in [5, 5.41) is 18.8. The predicted molar refractivity (Wildman–Crippen MR) is 191 cm³/mol. The number of hydrogen-bond donors (Lipinski definition) is 4. The van der Waals surface area contributed by atoms with Crippen molar-refractivity contribution in [2.75, 3.05) is 27.2 Å². The summed E-state index contributed by atoms with van der Waals surface area (Å²) in [6.07, 6.45) is 0.544. The zero-order valence-corrected chi connectivity index (χ0v) is 31.1. The maximum atomic E-state index is 14.5. The number of phenols is 1. The predicted octanol–water partition coefficient (Wildman–Crippen LogP) is 3.97. The van der Waals surface area contributed by atoms with Gasteiger partial charge in [-0.1, -0.05) is 45.0 Å². The third-order valence-electron chi connectivity index (χ3n) is 8.74. The highest BCUT2D eigenvalue weighted by Crippen LogP contribution is 2.32. The molecule has 1 aliphatic heterocycles. The van der Waals surface area contributed by atoms with Crippen LogP contribution in [0.15, 0.2) is 42.5 Å². The van der Waals surface area contributed by atoms with E-state index in [0.717, 1.165) is 0 Å². The highest BCUT2D eigenvalue weighted by Gasteiger charge is 2.37. The first kappa shape index (κ1) is 40.7. The van der Waals surface area contributed by atoms with Crippen molar-refractivity contribution >= 4 is 29.7 Å². The van der Waals surface area contributed by atoms with Crippen LogP contribution in [0.5, 0.6) is 5.75 Å². The van der Waals surface area contributed by atoms with Crippen LogP contribution in [0.2, 0.25) is 0 Å². The van der Waals surface area contributed by atoms with Gasteiger partial charge in [0.15, 0.2) is 0 Å². The van der Waals surface area contributed by atoms with Gasteiger partial charge in [-0.05, 0) is 80.3 Å². The van der Waals surface area contributed by atoms with E-state index in [4.69, 9.17) is 4.74 Å². The number of halogens is 1. The quantitative estimate of drug-likeness (QED) is 0.339. The summed E-state index contributed by atoms with van der Waals surface area (Å²) in [6, 6.07) is 7.38. The minimum Gasteiger partial charge on any atom is -0.508 e. The third kappa shape index (κ3) is 12.3. The Bertz CT molecular complexity index is 1550. The van der Waals surface area contributed by atoms with Crippen molar-refractivity contribution in [3.8, 4) is 5.75 Å². The van der Waals surface area contributed by atoms with Gasteiger partial charge in [0.25, 0.3) is 0 Å². The lowest BCUT2D eigenvalue weighted by Gasteiger charge is -2.36. The van der Waals surface area contributed by atoms with Crippen LogP contribution >= 0.6 is 0 Å². The summed E-state index contributed by atoms with van der Waals surface area (Å²) in [5.41, 5.74) is 0.717. The Morgan fingerprint density at radius 2 is 1.65 bits per heavy atom. The standard InChI is InChI=1S/C38H54FN5O7/c1-37(2,3)27-21-25(14-17-31(27)45)23-30-33(47)41-20-18-32(46)40-19-10-9-11-29(35(49)44(30)8)43(7)34(48)28(42-36(50)51-38(4,5)6)22-24-12-15-26(39)16-13-24/h12-17,21,28-30,45H,9-11,18-20,22-23H2,1-8H3,(H,40,46)(H,41,47)(H,42,50)/t28-,29?,30?/m0/s1. The fraction of sp³-hybridized carbons (Fsp3) is 0.553. The highest BCUT2D eigenvalue weighted by atomic mass is 19.1. The molecule has 280 valence electrons. The molecule has 3 atom stereocenters. The number of rotatable bonds is 7. The molecule has 1 heterocycles. The molecule has 3 rings (SSSR count). The smallest absolute Gasteiger partial charge is 0.408 e. The monoisotopic (exact) mass is 711 g/mol. The number of hydrogen-bond acceptors (Lipinski definition) is 7. The van der Waals surface area contributed by atoms with E-state index in [1.807, 2.05) is 26.8 Å². The minimum atomic E-state index is -1.17. The lowest BCUT2D eigenvalue weighted by Crippen LogP contribution is -2.58. The molecule has 0 aromatic heterocycles. The molecule has 0 aliphatic carbocycles. The van der Waals surface area contributed by atoms with Crippen LogP contribution in [0.1, 0.15) is 83.9 Å². The first-order chi connectivity index (χ1) is 23.8. The summed E-state index contributed by atoms with van der Waals surface area (Å²) in [7, 11) is 2.99. The first-order valence-electron chi connectivity index (χ1n) is 17.4. The third-order valence-corrected chi connectivity index (χ3v) is 8.74. The molecule has 1 saturated heterocycles. The number of nitrogens with zero attached hydrogens (tertiary/aromatic N) is 2. The van der Waals surface area contributed by atoms with Gasteiger partial charge in [-0.25, -0.2) is 9.18 Å². The molecule has 0 radical (unpaired) electrons. The van der Waals surface area contributed by atoms with Crippen molar-refractivity contribution in [2.24, 2.45) is 0 Å². The van der Waals surface area contributed by atoms with E-state index in [1.165, 1.54) is 48.2 Å². The van der Waals surface area contributed by atoms with Crippen LogP contribution in [0.4, 0.5) is 9.18 Å². The molecule has 0 saturated carbocycles. The van der Waals surface area contributed by atoms with Crippen molar-refractivity contribution in [2.45, 2.75) is 109 Å². The van der Waals surface area contributed by atoms with Gasteiger partial charge in [-0.3, -0.25) is 19.2 Å². The molecular formula is C38H54FN5O7. The summed E-state index contributed by atoms with van der Waals surface area (Å²) in [5.74, 6) is -2.10. The van der Waals surface area contributed by atoms with Gasteiger partial charge < -0.3 is 35.6 Å². The second-order valence-corrected chi connectivity index (χ2v) is 15.2. The molecule has 51 heavy (non-hydrogen) atoms. The van der Waals surface area contributed by atoms with Crippen molar-refractivity contribution in [3.63, 3.8) is 0 Å². The van der Waals surface area contributed by atoms with Gasteiger partial charge in [0.1, 0.15) is 35.3 Å². The number of ether oxygens (including phenoxy) is 1. The van der Waals surface area contributed by atoms with Crippen molar-refractivity contribution in [3.05, 3.63) is 65.0 Å². The number of likely N-dealkylation sites (N-methyl/N-ethyl adjacent to an activating group) is 2. The first-order valence-corrected chi connectivity index (χ1v) is 17.4. The number of amides is 5. The lowest BCUT2D eigenvalue weighted by molar-refractivity contribution is -0.148. The van der Waals surface area contributed by atoms with Gasteiger partial charge in [0.05, 0.1) is 0 Å². The van der Waals surface area contributed by atoms with E-state index < -0.39 is 58.8 Å². The van der Waals surface area contributed by atoms with Gasteiger partial charge in [0.2, 0.25) is 23.6 Å². The summed E-state index contributed by atoms with van der Waals surface area (Å²) in [6.45, 7) is 11.4. The van der Waals surface area contributed by atoms with E-state index in [0.29, 0.717) is 36.1 Å². The Morgan fingerprint density at radius 1 is 1.00 bits per heavy atom. The van der Waals surface area contributed by atoms with Crippen LogP contribution in [0.25, 0.3) is 0 Å². The van der Waals surface area contributed by atoms with Crippen LogP contribution < -0.4 is 16.0 Å². The highest BCUT2D eigenvalue weighted by molar-refractivity contribution is 5.94. The fourth-order valence-electron chi connectivity index (χ4n) is 5.91. The average molecular weight is 712 g/mol. The Kier molecular flexibility index (Phi) is 14.0. The molecule has 1 aliphatic rings. The van der Waals surface area contributed by atoms with Gasteiger partial charge >= 0.3 is 6.09 Å². The molecule has 13 heteroatoms. The number of benzene rings is 2. The number of phenolic OH excluding ortho intramolecular Hbond substituents is 1. The zero-order chi connectivity index (χ0) is 38.1. The van der Waals surface area contributed by atoms with Crippen LogP contribution in [0, 0.1) is 5.82 Å². The SMILES string of the molecule is CN1C(=O)C(N(C)C(=O)[C@H](Cc2ccc(F)cc2)NC(=O)OC(C)(C)C)CCCCNC(=O)CCNC(=O)C1Cc1ccc(O)c(C(C)(C)C)c1. The van der Waals surface area contributed by atoms with E-state index in [1.54, 1.807) is 32.9 Å². The maximum absolute atomic E-state index is 14.5. The summed E-state index contributed by atoms with van der Waals surface area (Å²) in [4.78, 5) is 70.4. The molecule has 2 aromatic carbocycles. The van der Waals surface area contributed by atoms with Gasteiger partial charge in [-0.2, -0.15) is 0 Å². The molecule has 12 nitrogen and oxygen atoms in total. The van der Waals surface area contributed by atoms with Crippen molar-refractivity contribution < 1.29 is 38.2 Å². The largest absolute Gasteiger partial charge is 0.508 e. The Hall–Kier alpha value is -4.68. The Labute approximate surface area is 300 Å². The fourth-order valence-corrected chi connectivity index (χ4v) is 5.91. The topological polar surface area (TPSA) is 157 Å². The number of carbonyl (C=O) groups excluding carboxylic acids is 5. The van der Waals surface area contributed by atoms with Crippen molar-refractivity contribution in [1.29, 1.82) is 0 Å². The molecule has 0 bridgehead atoms. The van der Waals surface area contributed by atoms with Crippen LogP contribution in [-0.2, 0) is 42.2 Å². The molecule has 0 spiro atoms. The van der Waals surface area contributed by atoms with Gasteiger partial charge in [0, 0.05) is 46.4 Å². The normalized spacial score (nSPS) is 18.9. The van der Waals surface area contributed by atoms with Crippen LogP contribution in [0.3, 0.4) is 0 Å². The molecule has 2 unspecified atom stereocenters. The lowest BCUT2D eigenvalue weighted by atomic mass is 9.84. The van der Waals surface area contributed by atoms with E-state index in [2.05, 4.69) is 16.0 Å². The molecular weight excluding hydrogens is 657 g/mol.